The van der Waals surface area contributed by atoms with Gasteiger partial charge in [-0.1, -0.05) is 24.3 Å². The molecule has 0 radical (unpaired) electrons. The van der Waals surface area contributed by atoms with Gasteiger partial charge in [-0.3, -0.25) is 10.1 Å². The molecular weight excluding hydrogens is 440 g/mol. The third kappa shape index (κ3) is 12.9. The van der Waals surface area contributed by atoms with Crippen LogP contribution in [0.3, 0.4) is 0 Å². The summed E-state index contributed by atoms with van der Waals surface area (Å²) < 4.78 is 10.2. The Labute approximate surface area is 200 Å². The van der Waals surface area contributed by atoms with Crippen LogP contribution in [-0.4, -0.2) is 28.3 Å². The van der Waals surface area contributed by atoms with Crippen LogP contribution in [0, 0.1) is 10.1 Å². The van der Waals surface area contributed by atoms with Crippen LogP contribution in [0.4, 0.5) is 21.0 Å². The Kier molecular flexibility index (Phi) is 10.3. The summed E-state index contributed by atoms with van der Waals surface area (Å²) in [7, 11) is 0. The van der Waals surface area contributed by atoms with Gasteiger partial charge in [0.15, 0.2) is 0 Å². The van der Waals surface area contributed by atoms with Crippen molar-refractivity contribution in [2.45, 2.75) is 65.8 Å². The third-order valence-electron chi connectivity index (χ3n) is 3.74. The van der Waals surface area contributed by atoms with Gasteiger partial charge >= 0.3 is 12.2 Å². The zero-order valence-corrected chi connectivity index (χ0v) is 20.5. The summed E-state index contributed by atoms with van der Waals surface area (Å²) in [6.07, 6.45) is -0.969. The summed E-state index contributed by atoms with van der Waals surface area (Å²) in [5, 5.41) is 15.8. The summed E-state index contributed by atoms with van der Waals surface area (Å²) in [5.41, 5.74) is 6.87. The number of nitrogens with one attached hydrogen (secondary N) is 2. The third-order valence-corrected chi connectivity index (χ3v) is 3.74. The molecule has 2 rings (SSSR count). The monoisotopic (exact) mass is 474 g/mol. The highest BCUT2D eigenvalue weighted by Gasteiger charge is 2.16. The Balaban J connectivity index is 0.000000342. The minimum Gasteiger partial charge on any atom is -0.444 e. The predicted molar refractivity (Wildman–Crippen MR) is 130 cm³/mol. The largest absolute Gasteiger partial charge is 0.444 e. The van der Waals surface area contributed by atoms with Crippen molar-refractivity contribution in [2.24, 2.45) is 0 Å². The van der Waals surface area contributed by atoms with Crippen molar-refractivity contribution in [1.29, 1.82) is 0 Å². The van der Waals surface area contributed by atoms with Crippen molar-refractivity contribution in [3.63, 3.8) is 0 Å². The molecule has 34 heavy (non-hydrogen) atoms. The molecule has 0 bridgehead atoms. The number of ether oxygens (including phenoxy) is 2. The quantitative estimate of drug-likeness (QED) is 0.317. The fourth-order valence-corrected chi connectivity index (χ4v) is 2.46. The average molecular weight is 475 g/mol. The first-order valence-corrected chi connectivity index (χ1v) is 10.7. The minimum absolute atomic E-state index is 0.00140. The van der Waals surface area contributed by atoms with Gasteiger partial charge in [-0.25, -0.2) is 9.59 Å². The van der Waals surface area contributed by atoms with E-state index in [2.05, 4.69) is 10.6 Å². The van der Waals surface area contributed by atoms with Gasteiger partial charge in [-0.15, -0.1) is 0 Å². The molecule has 0 unspecified atom stereocenters. The Morgan fingerprint density at radius 3 is 1.71 bits per heavy atom. The Morgan fingerprint density at radius 1 is 0.853 bits per heavy atom. The van der Waals surface area contributed by atoms with Crippen LogP contribution in [0.2, 0.25) is 0 Å². The number of non-ortho nitro benzene ring substituents is 1. The highest BCUT2D eigenvalue weighted by Crippen LogP contribution is 2.13. The molecule has 186 valence electrons. The van der Waals surface area contributed by atoms with Gasteiger partial charge in [0.25, 0.3) is 5.69 Å². The van der Waals surface area contributed by atoms with Crippen molar-refractivity contribution in [3.8, 4) is 0 Å². The Bertz CT molecular complexity index is 980. The van der Waals surface area contributed by atoms with Crippen molar-refractivity contribution in [1.82, 2.24) is 10.6 Å². The molecule has 2 aromatic rings. The maximum atomic E-state index is 11.4. The molecule has 10 nitrogen and oxygen atoms in total. The number of anilines is 1. The van der Waals surface area contributed by atoms with Crippen molar-refractivity contribution in [2.75, 3.05) is 5.73 Å². The molecular formula is C24H34N4O6. The zero-order chi connectivity index (χ0) is 25.9. The van der Waals surface area contributed by atoms with E-state index in [1.54, 1.807) is 39.0 Å². The van der Waals surface area contributed by atoms with E-state index in [4.69, 9.17) is 15.2 Å². The number of benzene rings is 2. The van der Waals surface area contributed by atoms with Gasteiger partial charge in [0.2, 0.25) is 0 Å². The lowest BCUT2D eigenvalue weighted by Crippen LogP contribution is -2.32. The number of alkyl carbamates (subject to hydrolysis) is 2. The molecule has 2 amide bonds. The normalized spacial score (nSPS) is 10.9. The standard InChI is InChI=1S/C12H16N2O4.C12H18N2O2/c1-12(2,3)18-11(15)13-8-9-5-4-6-10(7-9)14(16)17;1-12(2,3)16-11(15)14-8-9-5-4-6-10(13)7-9/h4-7H,8H2,1-3H3,(H,13,15);4-7H,8,13H2,1-3H3,(H,14,15). The van der Waals surface area contributed by atoms with Crippen LogP contribution < -0.4 is 16.4 Å². The number of hydrogen-bond acceptors (Lipinski definition) is 7. The second kappa shape index (κ2) is 12.4. The summed E-state index contributed by atoms with van der Waals surface area (Å²) in [6.45, 7) is 11.4. The number of nitro groups is 1. The molecule has 0 aliphatic carbocycles. The highest BCUT2D eigenvalue weighted by atomic mass is 16.6. The number of nitrogens with two attached hydrogens (primary N) is 1. The smallest absolute Gasteiger partial charge is 0.407 e. The molecule has 0 saturated carbocycles. The minimum atomic E-state index is -0.563. The number of nitrogen functional groups attached to an aromatic ring is 1. The van der Waals surface area contributed by atoms with Gasteiger partial charge in [0.05, 0.1) is 4.92 Å². The SMILES string of the molecule is CC(C)(C)OC(=O)NCc1cccc(N)c1.CC(C)(C)OC(=O)NCc1cccc([N+](=O)[O-])c1. The molecule has 0 fully saturated rings. The van der Waals surface area contributed by atoms with Crippen LogP contribution >= 0.6 is 0 Å². The second-order valence-electron chi connectivity index (χ2n) is 9.38. The second-order valence-corrected chi connectivity index (χ2v) is 9.38. The topological polar surface area (TPSA) is 146 Å². The maximum Gasteiger partial charge on any atom is 0.407 e. The zero-order valence-electron chi connectivity index (χ0n) is 20.5. The van der Waals surface area contributed by atoms with Crippen molar-refractivity contribution in [3.05, 3.63) is 69.8 Å². The van der Waals surface area contributed by atoms with E-state index < -0.39 is 28.3 Å². The molecule has 10 heteroatoms. The number of carbonyl (C=O) groups is 2. The molecule has 0 aliphatic heterocycles. The Hall–Kier alpha value is -3.82. The molecule has 0 saturated heterocycles. The van der Waals surface area contributed by atoms with E-state index in [1.807, 2.05) is 39.0 Å². The number of carbonyl (C=O) groups excluding carboxylic acids is 2. The molecule has 0 atom stereocenters. The van der Waals surface area contributed by atoms with E-state index in [9.17, 15) is 19.7 Å². The molecule has 0 aromatic heterocycles. The molecule has 4 N–H and O–H groups in total. The van der Waals surface area contributed by atoms with Crippen LogP contribution in [0.15, 0.2) is 48.5 Å². The fourth-order valence-electron chi connectivity index (χ4n) is 2.46. The maximum absolute atomic E-state index is 11.4. The van der Waals surface area contributed by atoms with Gasteiger partial charge in [0.1, 0.15) is 11.2 Å². The molecule has 0 spiro atoms. The molecule has 0 heterocycles. The molecule has 2 aromatic carbocycles. The van der Waals surface area contributed by atoms with E-state index in [-0.39, 0.29) is 12.2 Å². The van der Waals surface area contributed by atoms with E-state index in [1.165, 1.54) is 12.1 Å². The van der Waals surface area contributed by atoms with Crippen molar-refractivity contribution >= 4 is 23.6 Å². The van der Waals surface area contributed by atoms with Gasteiger partial charge in [-0.05, 0) is 64.8 Å². The summed E-state index contributed by atoms with van der Waals surface area (Å²) in [4.78, 5) is 32.8. The number of rotatable bonds is 5. The van der Waals surface area contributed by atoms with E-state index in [0.717, 1.165) is 5.56 Å². The number of hydrogen-bond donors (Lipinski definition) is 3. The Morgan fingerprint density at radius 2 is 1.29 bits per heavy atom. The summed E-state index contributed by atoms with van der Waals surface area (Å²) in [6, 6.07) is 13.5. The van der Waals surface area contributed by atoms with Crippen LogP contribution in [-0.2, 0) is 22.6 Å². The van der Waals surface area contributed by atoms with Gasteiger partial charge in [-0.2, -0.15) is 0 Å². The van der Waals surface area contributed by atoms with Crippen LogP contribution in [0.5, 0.6) is 0 Å². The first kappa shape index (κ1) is 28.2. The molecule has 0 aliphatic rings. The number of nitrogens with zero attached hydrogens (tertiary/aromatic N) is 1. The summed E-state index contributed by atoms with van der Waals surface area (Å²) in [5.74, 6) is 0. The van der Waals surface area contributed by atoms with E-state index >= 15 is 0 Å². The predicted octanol–water partition coefficient (Wildman–Crippen LogP) is 4.91. The fraction of sp³-hybridized carbons (Fsp3) is 0.417. The average Bonchev–Trinajstić information content (AvgIpc) is 2.69. The first-order chi connectivity index (χ1) is 15.6. The lowest BCUT2D eigenvalue weighted by atomic mass is 10.2. The summed E-state index contributed by atoms with van der Waals surface area (Å²) >= 11 is 0. The van der Waals surface area contributed by atoms with Crippen LogP contribution in [0.25, 0.3) is 0 Å². The van der Waals surface area contributed by atoms with Gasteiger partial charge < -0.3 is 25.8 Å². The van der Waals surface area contributed by atoms with Gasteiger partial charge in [0, 0.05) is 30.9 Å². The lowest BCUT2D eigenvalue weighted by molar-refractivity contribution is -0.384. The number of amides is 2. The number of nitro benzene ring substituents is 1. The van der Waals surface area contributed by atoms with Crippen LogP contribution in [0.1, 0.15) is 52.7 Å². The lowest BCUT2D eigenvalue weighted by Gasteiger charge is -2.19. The van der Waals surface area contributed by atoms with E-state index in [0.29, 0.717) is 17.8 Å². The van der Waals surface area contributed by atoms with Crippen molar-refractivity contribution < 1.29 is 24.0 Å². The highest BCUT2D eigenvalue weighted by molar-refractivity contribution is 5.68. The first-order valence-electron chi connectivity index (χ1n) is 10.7.